The predicted octanol–water partition coefficient (Wildman–Crippen LogP) is 3.05. The minimum Gasteiger partial charge on any atom is -0.355 e. The molecule has 3 nitrogen and oxygen atoms in total. The zero-order valence-corrected chi connectivity index (χ0v) is 12.8. The molecule has 0 aliphatic heterocycles. The third-order valence-corrected chi connectivity index (χ3v) is 3.61. The molecule has 3 heteroatoms. The van der Waals surface area contributed by atoms with Crippen LogP contribution in [0.4, 0.5) is 5.82 Å². The van der Waals surface area contributed by atoms with Crippen LogP contribution in [0, 0.1) is 13.8 Å². The van der Waals surface area contributed by atoms with Gasteiger partial charge in [-0.05, 0) is 43.7 Å². The third-order valence-electron chi connectivity index (χ3n) is 3.61. The second-order valence-corrected chi connectivity index (χ2v) is 5.23. The van der Waals surface area contributed by atoms with Crippen molar-refractivity contribution < 1.29 is 0 Å². The molecule has 0 radical (unpaired) electrons. The molecule has 0 amide bonds. The minimum absolute atomic E-state index is 0.862. The van der Waals surface area contributed by atoms with Crippen molar-refractivity contribution in [2.75, 3.05) is 19.0 Å². The topological polar surface area (TPSA) is 28.2 Å². The molecule has 0 aliphatic carbocycles. The summed E-state index contributed by atoms with van der Waals surface area (Å²) in [5, 5.41) is 3.17. The van der Waals surface area contributed by atoms with Gasteiger partial charge in [0.1, 0.15) is 5.82 Å². The van der Waals surface area contributed by atoms with E-state index in [2.05, 4.69) is 67.5 Å². The summed E-state index contributed by atoms with van der Waals surface area (Å²) >= 11 is 0. The number of nitrogens with zero attached hydrogens (tertiary/aromatic N) is 2. The number of anilines is 1. The van der Waals surface area contributed by atoms with Crippen LogP contribution in [0.1, 0.15) is 22.4 Å². The number of pyridine rings is 1. The van der Waals surface area contributed by atoms with Gasteiger partial charge in [0.15, 0.2) is 0 Å². The number of hydrogen-bond acceptors (Lipinski definition) is 3. The van der Waals surface area contributed by atoms with E-state index in [4.69, 9.17) is 4.98 Å². The van der Waals surface area contributed by atoms with Crippen molar-refractivity contribution in [1.82, 2.24) is 10.3 Å². The van der Waals surface area contributed by atoms with Crippen LogP contribution in [0.3, 0.4) is 0 Å². The van der Waals surface area contributed by atoms with Crippen molar-refractivity contribution in [3.05, 3.63) is 58.8 Å². The van der Waals surface area contributed by atoms with Crippen LogP contribution in [0.15, 0.2) is 36.4 Å². The highest BCUT2D eigenvalue weighted by atomic mass is 15.2. The minimum atomic E-state index is 0.862. The van der Waals surface area contributed by atoms with Crippen molar-refractivity contribution in [3.63, 3.8) is 0 Å². The number of aryl methyl sites for hydroxylation is 2. The number of aromatic nitrogens is 1. The van der Waals surface area contributed by atoms with Crippen molar-refractivity contribution in [2.24, 2.45) is 0 Å². The molecule has 0 atom stereocenters. The fraction of sp³-hybridized carbons (Fsp3) is 0.353. The molecular formula is C17H23N3. The van der Waals surface area contributed by atoms with Gasteiger partial charge in [0.2, 0.25) is 0 Å². The van der Waals surface area contributed by atoms with Crippen LogP contribution in [-0.4, -0.2) is 19.1 Å². The molecule has 20 heavy (non-hydrogen) atoms. The van der Waals surface area contributed by atoms with Crippen LogP contribution in [0.2, 0.25) is 0 Å². The zero-order chi connectivity index (χ0) is 14.5. The average molecular weight is 269 g/mol. The first kappa shape index (κ1) is 14.5. The fourth-order valence-corrected chi connectivity index (χ4v) is 2.29. The summed E-state index contributed by atoms with van der Waals surface area (Å²) in [6.45, 7) is 5.96. The molecule has 0 saturated carbocycles. The van der Waals surface area contributed by atoms with Gasteiger partial charge in [-0.3, -0.25) is 0 Å². The smallest absolute Gasteiger partial charge is 0.128 e. The van der Waals surface area contributed by atoms with Gasteiger partial charge in [0, 0.05) is 25.8 Å². The van der Waals surface area contributed by atoms with Crippen LogP contribution in [0.5, 0.6) is 0 Å². The highest BCUT2D eigenvalue weighted by molar-refractivity contribution is 5.42. The standard InChI is InChI=1S/C17H23N3/c1-13-7-5-6-8-16(13)12-20(4)17-10-9-15(11-18-3)14(2)19-17/h5-10,18H,11-12H2,1-4H3. The molecule has 0 unspecified atom stereocenters. The van der Waals surface area contributed by atoms with E-state index < -0.39 is 0 Å². The largest absolute Gasteiger partial charge is 0.355 e. The lowest BCUT2D eigenvalue weighted by Gasteiger charge is -2.20. The lowest BCUT2D eigenvalue weighted by molar-refractivity contribution is 0.800. The molecule has 0 saturated heterocycles. The number of nitrogens with one attached hydrogen (secondary N) is 1. The van der Waals surface area contributed by atoms with E-state index in [9.17, 15) is 0 Å². The van der Waals surface area contributed by atoms with Crippen molar-refractivity contribution >= 4 is 5.82 Å². The quantitative estimate of drug-likeness (QED) is 0.904. The Balaban J connectivity index is 2.15. The van der Waals surface area contributed by atoms with Crippen molar-refractivity contribution in [3.8, 4) is 0 Å². The molecule has 0 bridgehead atoms. The summed E-state index contributed by atoms with van der Waals surface area (Å²) in [6.07, 6.45) is 0. The monoisotopic (exact) mass is 269 g/mol. The van der Waals surface area contributed by atoms with Gasteiger partial charge in [0.25, 0.3) is 0 Å². The summed E-state index contributed by atoms with van der Waals surface area (Å²) in [4.78, 5) is 6.90. The van der Waals surface area contributed by atoms with Crippen LogP contribution >= 0.6 is 0 Å². The summed E-state index contributed by atoms with van der Waals surface area (Å²) in [7, 11) is 4.05. The first-order valence-electron chi connectivity index (χ1n) is 6.98. The summed E-state index contributed by atoms with van der Waals surface area (Å²) in [5.74, 6) is 1.02. The molecule has 0 spiro atoms. The lowest BCUT2D eigenvalue weighted by Crippen LogP contribution is -2.19. The number of rotatable bonds is 5. The maximum absolute atomic E-state index is 4.70. The fourth-order valence-electron chi connectivity index (χ4n) is 2.29. The van der Waals surface area contributed by atoms with Gasteiger partial charge in [-0.1, -0.05) is 30.3 Å². The van der Waals surface area contributed by atoms with Gasteiger partial charge in [-0.2, -0.15) is 0 Å². The molecule has 1 heterocycles. The maximum Gasteiger partial charge on any atom is 0.128 e. The molecule has 0 aliphatic rings. The van der Waals surface area contributed by atoms with Crippen LogP contribution in [-0.2, 0) is 13.1 Å². The van der Waals surface area contributed by atoms with Crippen LogP contribution in [0.25, 0.3) is 0 Å². The highest BCUT2D eigenvalue weighted by Gasteiger charge is 2.07. The van der Waals surface area contributed by atoms with Crippen molar-refractivity contribution in [2.45, 2.75) is 26.9 Å². The molecule has 0 fully saturated rings. The van der Waals surface area contributed by atoms with E-state index in [1.807, 2.05) is 7.05 Å². The Hall–Kier alpha value is -1.87. The van der Waals surface area contributed by atoms with E-state index in [1.54, 1.807) is 0 Å². The molecular weight excluding hydrogens is 246 g/mol. The van der Waals surface area contributed by atoms with Crippen molar-refractivity contribution in [1.29, 1.82) is 0 Å². The second-order valence-electron chi connectivity index (χ2n) is 5.23. The Morgan fingerprint density at radius 2 is 1.80 bits per heavy atom. The van der Waals surface area contributed by atoms with E-state index in [0.29, 0.717) is 0 Å². The van der Waals surface area contributed by atoms with E-state index in [0.717, 1.165) is 24.6 Å². The SMILES string of the molecule is CNCc1ccc(N(C)Cc2ccccc2C)nc1C. The zero-order valence-electron chi connectivity index (χ0n) is 12.8. The lowest BCUT2D eigenvalue weighted by atomic mass is 10.1. The van der Waals surface area contributed by atoms with Crippen LogP contribution < -0.4 is 10.2 Å². The first-order chi connectivity index (χ1) is 9.61. The average Bonchev–Trinajstić information content (AvgIpc) is 2.43. The first-order valence-corrected chi connectivity index (χ1v) is 6.98. The van der Waals surface area contributed by atoms with Gasteiger partial charge < -0.3 is 10.2 Å². The Bertz CT molecular complexity index is 578. The van der Waals surface area contributed by atoms with Gasteiger partial charge in [-0.25, -0.2) is 4.98 Å². The Labute approximate surface area is 121 Å². The molecule has 106 valence electrons. The molecule has 2 aromatic rings. The molecule has 1 aromatic carbocycles. The highest BCUT2D eigenvalue weighted by Crippen LogP contribution is 2.17. The predicted molar refractivity (Wildman–Crippen MR) is 85.0 cm³/mol. The summed E-state index contributed by atoms with van der Waals surface area (Å²) < 4.78 is 0. The molecule has 1 aromatic heterocycles. The Kier molecular flexibility index (Phi) is 4.74. The van der Waals surface area contributed by atoms with Gasteiger partial charge >= 0.3 is 0 Å². The normalized spacial score (nSPS) is 10.6. The van der Waals surface area contributed by atoms with Gasteiger partial charge in [0.05, 0.1) is 0 Å². The maximum atomic E-state index is 4.70. The summed E-state index contributed by atoms with van der Waals surface area (Å²) in [5.41, 5.74) is 5.01. The number of hydrogen-bond donors (Lipinski definition) is 1. The summed E-state index contributed by atoms with van der Waals surface area (Å²) in [6, 6.07) is 12.7. The molecule has 1 N–H and O–H groups in total. The van der Waals surface area contributed by atoms with E-state index in [-0.39, 0.29) is 0 Å². The third kappa shape index (κ3) is 3.36. The Morgan fingerprint density at radius 1 is 1.05 bits per heavy atom. The van der Waals surface area contributed by atoms with E-state index in [1.165, 1.54) is 16.7 Å². The number of benzene rings is 1. The van der Waals surface area contributed by atoms with E-state index >= 15 is 0 Å². The molecule has 2 rings (SSSR count). The second kappa shape index (κ2) is 6.53. The Morgan fingerprint density at radius 3 is 2.45 bits per heavy atom. The van der Waals surface area contributed by atoms with Gasteiger partial charge in [-0.15, -0.1) is 0 Å².